The summed E-state index contributed by atoms with van der Waals surface area (Å²) in [4.78, 5) is 30.6. The fraction of sp³-hybridized carbons (Fsp3) is 0.375. The Labute approximate surface area is 244 Å². The van der Waals surface area contributed by atoms with E-state index in [1.165, 1.54) is 24.3 Å². The van der Waals surface area contributed by atoms with E-state index in [4.69, 9.17) is 9.47 Å². The predicted molar refractivity (Wildman–Crippen MR) is 154 cm³/mol. The van der Waals surface area contributed by atoms with Crippen LogP contribution in [0.3, 0.4) is 0 Å². The molecule has 8 nitrogen and oxygen atoms in total. The molecule has 2 unspecified atom stereocenters. The van der Waals surface area contributed by atoms with Gasteiger partial charge in [-0.15, -0.1) is 0 Å². The van der Waals surface area contributed by atoms with Crippen LogP contribution in [-0.2, 0) is 22.6 Å². The second-order valence-electron chi connectivity index (χ2n) is 10.7. The minimum Gasteiger partial charge on any atom is -0.374 e. The van der Waals surface area contributed by atoms with E-state index in [0.717, 1.165) is 24.2 Å². The summed E-state index contributed by atoms with van der Waals surface area (Å²) in [6.07, 6.45) is -0.407. The number of hydrogen-bond acceptors (Lipinski definition) is 6. The highest BCUT2D eigenvalue weighted by atomic mass is 19.1. The van der Waals surface area contributed by atoms with Crippen LogP contribution in [0, 0.1) is 11.6 Å². The molecular weight excluding hydrogens is 542 g/mol. The van der Waals surface area contributed by atoms with Gasteiger partial charge < -0.3 is 20.1 Å². The third kappa shape index (κ3) is 8.42. The Morgan fingerprint density at radius 3 is 1.48 bits per heavy atom. The number of rotatable bonds is 10. The Bertz CT molecular complexity index is 1240. The summed E-state index contributed by atoms with van der Waals surface area (Å²) < 4.78 is 38.2. The molecule has 2 amide bonds. The lowest BCUT2D eigenvalue weighted by molar-refractivity contribution is -0.0294. The van der Waals surface area contributed by atoms with Crippen LogP contribution in [0.1, 0.15) is 31.8 Å². The Morgan fingerprint density at radius 1 is 0.667 bits per heavy atom. The van der Waals surface area contributed by atoms with Gasteiger partial charge in [0, 0.05) is 52.4 Å². The van der Waals surface area contributed by atoms with Gasteiger partial charge in [0.15, 0.2) is 0 Å². The normalized spacial score (nSPS) is 19.8. The van der Waals surface area contributed by atoms with Gasteiger partial charge >= 0.3 is 0 Å². The van der Waals surface area contributed by atoms with E-state index in [-0.39, 0.29) is 46.8 Å². The zero-order chi connectivity index (χ0) is 29.3. The number of nitrogens with one attached hydrogen (secondary N) is 2. The van der Waals surface area contributed by atoms with Gasteiger partial charge in [-0.25, -0.2) is 8.78 Å². The standard InChI is InChI=1S/C32H36F2N4O4/c33-25-9-5-23(6-10-25)19-37-13-15-41-27(21-37)17-35-31(39)29-3-1-2-4-30(29)32(40)36-18-28-22-38(14-16-42-28)20-24-7-11-26(34)12-8-24/h1-12,27-28H,13-22H2,(H,35,39)(H,36,40). The number of benzene rings is 3. The van der Waals surface area contributed by atoms with E-state index < -0.39 is 0 Å². The number of ether oxygens (including phenoxy) is 2. The maximum Gasteiger partial charge on any atom is 0.252 e. The molecule has 2 saturated heterocycles. The SMILES string of the molecule is O=C(NCC1CN(Cc2ccc(F)cc2)CCO1)c1ccccc1C(=O)NCC1CN(Cc2ccc(F)cc2)CCO1. The largest absolute Gasteiger partial charge is 0.374 e. The average molecular weight is 579 g/mol. The van der Waals surface area contributed by atoms with Crippen molar-refractivity contribution in [2.75, 3.05) is 52.5 Å². The number of amides is 2. The molecule has 2 atom stereocenters. The van der Waals surface area contributed by atoms with Crippen LogP contribution < -0.4 is 10.6 Å². The van der Waals surface area contributed by atoms with Gasteiger partial charge in [0.1, 0.15) is 11.6 Å². The first-order valence-corrected chi connectivity index (χ1v) is 14.2. The second kappa shape index (κ2) is 14.5. The molecule has 3 aromatic carbocycles. The number of nitrogens with zero attached hydrogens (tertiary/aromatic N) is 2. The molecule has 0 aliphatic carbocycles. The topological polar surface area (TPSA) is 83.1 Å². The first kappa shape index (κ1) is 29.8. The molecule has 2 aliphatic rings. The van der Waals surface area contributed by atoms with Gasteiger partial charge in [-0.05, 0) is 47.5 Å². The van der Waals surface area contributed by atoms with E-state index >= 15 is 0 Å². The van der Waals surface area contributed by atoms with Crippen LogP contribution in [0.15, 0.2) is 72.8 Å². The van der Waals surface area contributed by atoms with Crippen LogP contribution in [0.2, 0.25) is 0 Å². The zero-order valence-electron chi connectivity index (χ0n) is 23.4. The Balaban J connectivity index is 1.10. The molecule has 0 radical (unpaired) electrons. The van der Waals surface area contributed by atoms with E-state index in [1.54, 1.807) is 48.5 Å². The maximum absolute atomic E-state index is 13.2. The van der Waals surface area contributed by atoms with E-state index in [9.17, 15) is 18.4 Å². The third-order valence-electron chi connectivity index (χ3n) is 7.48. The number of morpholine rings is 2. The molecule has 2 N–H and O–H groups in total. The third-order valence-corrected chi connectivity index (χ3v) is 7.48. The van der Waals surface area contributed by atoms with E-state index in [1.807, 2.05) is 0 Å². The molecule has 10 heteroatoms. The van der Waals surface area contributed by atoms with Crippen molar-refractivity contribution >= 4 is 11.8 Å². The molecule has 2 heterocycles. The van der Waals surface area contributed by atoms with Crippen LogP contribution >= 0.6 is 0 Å². The number of carbonyl (C=O) groups excluding carboxylic acids is 2. The van der Waals surface area contributed by atoms with Gasteiger partial charge in [0.2, 0.25) is 0 Å². The van der Waals surface area contributed by atoms with Gasteiger partial charge in [-0.3, -0.25) is 19.4 Å². The molecule has 0 spiro atoms. The van der Waals surface area contributed by atoms with Crippen molar-refractivity contribution in [1.29, 1.82) is 0 Å². The first-order valence-electron chi connectivity index (χ1n) is 14.2. The van der Waals surface area contributed by atoms with Crippen LogP contribution in [0.5, 0.6) is 0 Å². The summed E-state index contributed by atoms with van der Waals surface area (Å²) in [5, 5.41) is 5.84. The van der Waals surface area contributed by atoms with Crippen LogP contribution in [0.4, 0.5) is 8.78 Å². The van der Waals surface area contributed by atoms with Crippen molar-refractivity contribution in [2.24, 2.45) is 0 Å². The summed E-state index contributed by atoms with van der Waals surface area (Å²) in [6.45, 7) is 5.76. The summed E-state index contributed by atoms with van der Waals surface area (Å²) in [6, 6.07) is 19.6. The molecule has 2 aliphatic heterocycles. The fourth-order valence-corrected chi connectivity index (χ4v) is 5.27. The number of carbonyl (C=O) groups is 2. The van der Waals surface area contributed by atoms with Crippen molar-refractivity contribution in [1.82, 2.24) is 20.4 Å². The highest BCUT2D eigenvalue weighted by molar-refractivity contribution is 6.07. The molecular formula is C32H36F2N4O4. The van der Waals surface area contributed by atoms with Crippen molar-refractivity contribution in [3.63, 3.8) is 0 Å². The number of halogens is 2. The van der Waals surface area contributed by atoms with Gasteiger partial charge in [-0.2, -0.15) is 0 Å². The van der Waals surface area contributed by atoms with Crippen molar-refractivity contribution in [2.45, 2.75) is 25.3 Å². The lowest BCUT2D eigenvalue weighted by atomic mass is 10.1. The highest BCUT2D eigenvalue weighted by Gasteiger charge is 2.24. The highest BCUT2D eigenvalue weighted by Crippen LogP contribution is 2.14. The monoisotopic (exact) mass is 578 g/mol. The lowest BCUT2D eigenvalue weighted by Gasteiger charge is -2.33. The van der Waals surface area contributed by atoms with Crippen molar-refractivity contribution in [3.8, 4) is 0 Å². The van der Waals surface area contributed by atoms with Crippen LogP contribution in [-0.4, -0.2) is 86.3 Å². The minimum atomic E-state index is -0.348. The minimum absolute atomic E-state index is 0.203. The van der Waals surface area contributed by atoms with Crippen LogP contribution in [0.25, 0.3) is 0 Å². The average Bonchev–Trinajstić information content (AvgIpc) is 3.01. The zero-order valence-corrected chi connectivity index (χ0v) is 23.4. The maximum atomic E-state index is 13.2. The van der Waals surface area contributed by atoms with Gasteiger partial charge in [-0.1, -0.05) is 36.4 Å². The summed E-state index contributed by atoms with van der Waals surface area (Å²) in [5.41, 5.74) is 2.61. The molecule has 222 valence electrons. The Kier molecular flexibility index (Phi) is 10.3. The fourth-order valence-electron chi connectivity index (χ4n) is 5.27. The summed E-state index contributed by atoms with van der Waals surface area (Å²) in [7, 11) is 0. The Hall–Kier alpha value is -3.70. The van der Waals surface area contributed by atoms with Crippen molar-refractivity contribution < 1.29 is 27.8 Å². The summed E-state index contributed by atoms with van der Waals surface area (Å²) in [5.74, 6) is -1.22. The predicted octanol–water partition coefficient (Wildman–Crippen LogP) is 3.23. The van der Waals surface area contributed by atoms with E-state index in [2.05, 4.69) is 20.4 Å². The molecule has 0 aromatic heterocycles. The summed E-state index contributed by atoms with van der Waals surface area (Å²) >= 11 is 0. The molecule has 0 bridgehead atoms. The number of hydrogen-bond donors (Lipinski definition) is 2. The first-order chi connectivity index (χ1) is 20.4. The molecule has 3 aromatic rings. The molecule has 2 fully saturated rings. The quantitative estimate of drug-likeness (QED) is 0.385. The Morgan fingerprint density at radius 2 is 1.07 bits per heavy atom. The van der Waals surface area contributed by atoms with Crippen molar-refractivity contribution in [3.05, 3.63) is 107 Å². The lowest BCUT2D eigenvalue weighted by Crippen LogP contribution is -2.47. The molecule has 42 heavy (non-hydrogen) atoms. The molecule has 5 rings (SSSR count). The van der Waals surface area contributed by atoms with E-state index in [0.29, 0.717) is 52.5 Å². The molecule has 0 saturated carbocycles. The second-order valence-corrected chi connectivity index (χ2v) is 10.7. The van der Waals surface area contributed by atoms with Gasteiger partial charge in [0.25, 0.3) is 11.8 Å². The smallest absolute Gasteiger partial charge is 0.252 e. The van der Waals surface area contributed by atoms with Gasteiger partial charge in [0.05, 0.1) is 36.5 Å².